The number of imide groups is 1. The number of ether oxygens (including phenoxy) is 1. The maximum absolute atomic E-state index is 12.5. The molecule has 0 spiro atoms. The van der Waals surface area contributed by atoms with E-state index in [0.717, 1.165) is 4.90 Å². The molecule has 2 saturated heterocycles. The molecule has 0 radical (unpaired) electrons. The number of fused-ring (bicyclic) bond motifs is 1. The van der Waals surface area contributed by atoms with Crippen LogP contribution in [0.4, 0.5) is 0 Å². The molecule has 2 fully saturated rings. The molecular weight excluding hydrogens is 272 g/mol. The number of piperidine rings is 1. The van der Waals surface area contributed by atoms with Crippen molar-refractivity contribution in [3.8, 4) is 0 Å². The number of nitrogens with two attached hydrogens (primary N) is 1. The Kier molecular flexibility index (Phi) is 4.49. The predicted octanol–water partition coefficient (Wildman–Crippen LogP) is 0.480. The Morgan fingerprint density at radius 3 is 2.33 bits per heavy atom. The molecule has 4 atom stereocenters. The molecule has 3 unspecified atom stereocenters. The van der Waals surface area contributed by atoms with Crippen LogP contribution in [0, 0.1) is 11.8 Å². The lowest BCUT2D eigenvalue weighted by atomic mass is 9.91. The van der Waals surface area contributed by atoms with Crippen LogP contribution in [-0.2, 0) is 19.1 Å². The van der Waals surface area contributed by atoms with Crippen LogP contribution in [0.2, 0.25) is 0 Å². The van der Waals surface area contributed by atoms with Gasteiger partial charge in [-0.3, -0.25) is 19.3 Å². The zero-order valence-corrected chi connectivity index (χ0v) is 13.0. The number of carbonyl (C=O) groups excluding carboxylic acids is 3. The third kappa shape index (κ3) is 3.16. The van der Waals surface area contributed by atoms with Gasteiger partial charge in [0.2, 0.25) is 5.91 Å². The fraction of sp³-hybridized carbons (Fsp3) is 0.800. The minimum atomic E-state index is -0.767. The number of carbonyl (C=O) groups is 3. The summed E-state index contributed by atoms with van der Waals surface area (Å²) in [7, 11) is 0. The molecule has 118 valence electrons. The van der Waals surface area contributed by atoms with E-state index in [0.29, 0.717) is 12.8 Å². The second-order valence-corrected chi connectivity index (χ2v) is 6.81. The molecule has 2 aliphatic rings. The highest BCUT2D eigenvalue weighted by molar-refractivity contribution is 6.12. The molecule has 0 aliphatic carbocycles. The van der Waals surface area contributed by atoms with Gasteiger partial charge < -0.3 is 10.5 Å². The highest BCUT2D eigenvalue weighted by Crippen LogP contribution is 2.35. The quantitative estimate of drug-likeness (QED) is 0.745. The van der Waals surface area contributed by atoms with Crippen LogP contribution in [0.3, 0.4) is 0 Å². The van der Waals surface area contributed by atoms with Crippen LogP contribution in [0.5, 0.6) is 0 Å². The lowest BCUT2D eigenvalue weighted by Gasteiger charge is -2.33. The molecule has 0 bridgehead atoms. The van der Waals surface area contributed by atoms with E-state index < -0.39 is 36.1 Å². The Hall–Kier alpha value is -1.27. The average molecular weight is 296 g/mol. The SMILES string of the molecule is CC(C)CC1C(=O)C2OC2C(=O)N1C(=O)[C@@H](N)CC(C)C. The molecule has 0 saturated carbocycles. The molecule has 0 aromatic heterocycles. The van der Waals surface area contributed by atoms with Crippen LogP contribution >= 0.6 is 0 Å². The number of hydrogen-bond donors (Lipinski definition) is 1. The van der Waals surface area contributed by atoms with Crippen LogP contribution in [0.1, 0.15) is 40.5 Å². The number of ketones is 1. The summed E-state index contributed by atoms with van der Waals surface area (Å²) < 4.78 is 5.12. The second-order valence-electron chi connectivity index (χ2n) is 6.81. The average Bonchev–Trinajstić information content (AvgIpc) is 3.14. The lowest BCUT2D eigenvalue weighted by Crippen LogP contribution is -2.59. The van der Waals surface area contributed by atoms with Gasteiger partial charge in [-0.1, -0.05) is 27.7 Å². The molecular formula is C15H24N2O4. The fourth-order valence-corrected chi connectivity index (χ4v) is 2.84. The maximum Gasteiger partial charge on any atom is 0.262 e. The van der Waals surface area contributed by atoms with Gasteiger partial charge in [0.25, 0.3) is 5.91 Å². The number of likely N-dealkylation sites (tertiary alicyclic amines) is 1. The first-order valence-electron chi connectivity index (χ1n) is 7.55. The largest absolute Gasteiger partial charge is 0.351 e. The van der Waals surface area contributed by atoms with E-state index in [1.54, 1.807) is 0 Å². The fourth-order valence-electron chi connectivity index (χ4n) is 2.84. The van der Waals surface area contributed by atoms with Crippen molar-refractivity contribution in [2.24, 2.45) is 17.6 Å². The summed E-state index contributed by atoms with van der Waals surface area (Å²) in [6, 6.07) is -1.49. The van der Waals surface area contributed by atoms with Gasteiger partial charge in [0.1, 0.15) is 6.04 Å². The Balaban J connectivity index is 2.21. The summed E-state index contributed by atoms with van der Waals surface area (Å²) in [5.41, 5.74) is 5.91. The smallest absolute Gasteiger partial charge is 0.262 e. The molecule has 2 rings (SSSR count). The van der Waals surface area contributed by atoms with Crippen molar-refractivity contribution in [3.63, 3.8) is 0 Å². The standard InChI is InChI=1S/C15H24N2O4/c1-7(2)5-9(16)14(19)17-10(6-8(3)4)11(18)12-13(21-12)15(17)20/h7-10,12-13H,5-6,16H2,1-4H3/t9-,10?,12?,13?/m0/s1. The summed E-state index contributed by atoms with van der Waals surface area (Å²) in [4.78, 5) is 38.2. The second kappa shape index (κ2) is 5.85. The van der Waals surface area contributed by atoms with Crippen LogP contribution in [-0.4, -0.2) is 46.8 Å². The summed E-state index contributed by atoms with van der Waals surface area (Å²) >= 11 is 0. The molecule has 2 aliphatic heterocycles. The van der Waals surface area contributed by atoms with E-state index in [4.69, 9.17) is 10.5 Å². The number of hydrogen-bond acceptors (Lipinski definition) is 5. The van der Waals surface area contributed by atoms with E-state index in [-0.39, 0.29) is 17.6 Å². The molecule has 6 nitrogen and oxygen atoms in total. The predicted molar refractivity (Wildman–Crippen MR) is 76.2 cm³/mol. The van der Waals surface area contributed by atoms with E-state index in [9.17, 15) is 14.4 Å². The topological polar surface area (TPSA) is 93.0 Å². The molecule has 21 heavy (non-hydrogen) atoms. The molecule has 2 N–H and O–H groups in total. The molecule has 0 aromatic carbocycles. The van der Waals surface area contributed by atoms with Crippen LogP contribution in [0.25, 0.3) is 0 Å². The van der Waals surface area contributed by atoms with Gasteiger partial charge in [-0.05, 0) is 24.7 Å². The summed E-state index contributed by atoms with van der Waals surface area (Å²) in [6.45, 7) is 7.83. The normalized spacial score (nSPS) is 29.9. The Morgan fingerprint density at radius 2 is 1.81 bits per heavy atom. The van der Waals surface area contributed by atoms with Crippen LogP contribution in [0.15, 0.2) is 0 Å². The summed E-state index contributed by atoms with van der Waals surface area (Å²) in [6.07, 6.45) is -0.472. The Morgan fingerprint density at radius 1 is 1.19 bits per heavy atom. The van der Waals surface area contributed by atoms with E-state index >= 15 is 0 Å². The highest BCUT2D eigenvalue weighted by atomic mass is 16.6. The van der Waals surface area contributed by atoms with E-state index in [1.165, 1.54) is 0 Å². The number of rotatable bonds is 5. The van der Waals surface area contributed by atoms with Crippen molar-refractivity contribution in [1.29, 1.82) is 0 Å². The summed E-state index contributed by atoms with van der Waals surface area (Å²) in [5, 5.41) is 0. The van der Waals surface area contributed by atoms with Gasteiger partial charge in [-0.25, -0.2) is 0 Å². The van der Waals surface area contributed by atoms with E-state index in [1.807, 2.05) is 27.7 Å². The number of Topliss-reactive ketones (excluding diaryl/α,β-unsaturated/α-hetero) is 1. The van der Waals surface area contributed by atoms with Gasteiger partial charge in [0.05, 0.1) is 6.04 Å². The third-order valence-electron chi connectivity index (χ3n) is 3.87. The van der Waals surface area contributed by atoms with Gasteiger partial charge in [-0.15, -0.1) is 0 Å². The van der Waals surface area contributed by atoms with Crippen molar-refractivity contribution in [3.05, 3.63) is 0 Å². The minimum absolute atomic E-state index is 0.168. The molecule has 0 aromatic rings. The van der Waals surface area contributed by atoms with Crippen LogP contribution < -0.4 is 5.73 Å². The number of nitrogens with zero attached hydrogens (tertiary/aromatic N) is 1. The molecule has 2 amide bonds. The Bertz CT molecular complexity index is 461. The first kappa shape index (κ1) is 16.1. The van der Waals surface area contributed by atoms with Crippen molar-refractivity contribution in [2.75, 3.05) is 0 Å². The van der Waals surface area contributed by atoms with Gasteiger partial charge in [-0.2, -0.15) is 0 Å². The first-order valence-corrected chi connectivity index (χ1v) is 7.55. The minimum Gasteiger partial charge on any atom is -0.351 e. The lowest BCUT2D eigenvalue weighted by molar-refractivity contribution is -0.155. The zero-order chi connectivity index (χ0) is 15.9. The van der Waals surface area contributed by atoms with Crippen molar-refractivity contribution >= 4 is 17.6 Å². The zero-order valence-electron chi connectivity index (χ0n) is 13.0. The van der Waals surface area contributed by atoms with Crippen molar-refractivity contribution in [1.82, 2.24) is 4.90 Å². The third-order valence-corrected chi connectivity index (χ3v) is 3.87. The van der Waals surface area contributed by atoms with E-state index in [2.05, 4.69) is 0 Å². The van der Waals surface area contributed by atoms with Gasteiger partial charge in [0.15, 0.2) is 18.0 Å². The van der Waals surface area contributed by atoms with Crippen molar-refractivity contribution in [2.45, 2.75) is 64.8 Å². The summed E-state index contributed by atoms with van der Waals surface area (Å²) in [5.74, 6) is -0.596. The highest BCUT2D eigenvalue weighted by Gasteiger charge is 2.61. The Labute approximate surface area is 125 Å². The monoisotopic (exact) mass is 296 g/mol. The van der Waals surface area contributed by atoms with Crippen molar-refractivity contribution < 1.29 is 19.1 Å². The van der Waals surface area contributed by atoms with Gasteiger partial charge >= 0.3 is 0 Å². The number of amides is 2. The molecule has 2 heterocycles. The maximum atomic E-state index is 12.5. The molecule has 6 heteroatoms. The number of epoxide rings is 1. The van der Waals surface area contributed by atoms with Gasteiger partial charge in [0, 0.05) is 0 Å². The first-order chi connectivity index (χ1) is 9.73.